The van der Waals surface area contributed by atoms with Crippen molar-refractivity contribution in [3.63, 3.8) is 0 Å². The molecule has 3 heterocycles. The molecule has 2 aliphatic rings. The number of likely N-dealkylation sites (tertiary alicyclic amines) is 1. The van der Waals surface area contributed by atoms with Crippen LogP contribution in [0.15, 0.2) is 12.4 Å². The lowest BCUT2D eigenvalue weighted by atomic mass is 9.95. The van der Waals surface area contributed by atoms with Crippen molar-refractivity contribution in [1.82, 2.24) is 20.0 Å². The number of hydrogen-bond donors (Lipinski definition) is 2. The molecule has 7 nitrogen and oxygen atoms in total. The maximum absolute atomic E-state index is 11.5. The summed E-state index contributed by atoms with van der Waals surface area (Å²) in [6, 6.07) is 0.158. The molecule has 0 unspecified atom stereocenters. The van der Waals surface area contributed by atoms with Crippen molar-refractivity contribution in [2.24, 2.45) is 5.92 Å². The van der Waals surface area contributed by atoms with E-state index in [-0.39, 0.29) is 18.1 Å². The third-order valence-electron chi connectivity index (χ3n) is 4.71. The monoisotopic (exact) mass is 308 g/mol. The Morgan fingerprint density at radius 2 is 2.23 bits per heavy atom. The second-order valence-corrected chi connectivity index (χ2v) is 6.18. The Bertz CT molecular complexity index is 511. The minimum Gasteiger partial charge on any atom is -0.389 e. The van der Waals surface area contributed by atoms with Gasteiger partial charge in [0, 0.05) is 19.8 Å². The molecule has 2 saturated heterocycles. The maximum Gasteiger partial charge on any atom is 0.254 e. The van der Waals surface area contributed by atoms with E-state index in [1.165, 1.54) is 0 Å². The van der Waals surface area contributed by atoms with Crippen molar-refractivity contribution in [3.05, 3.63) is 18.0 Å². The summed E-state index contributed by atoms with van der Waals surface area (Å²) in [5.74, 6) is 0.462. The normalized spacial score (nSPS) is 27.2. The summed E-state index contributed by atoms with van der Waals surface area (Å²) in [4.78, 5) is 13.9. The predicted octanol–water partition coefficient (Wildman–Crippen LogP) is -0.286. The number of aliphatic hydroxyl groups is 1. The Morgan fingerprint density at radius 3 is 2.86 bits per heavy atom. The van der Waals surface area contributed by atoms with Crippen LogP contribution in [0.5, 0.6) is 0 Å². The zero-order valence-corrected chi connectivity index (χ0v) is 12.9. The summed E-state index contributed by atoms with van der Waals surface area (Å²) in [6.45, 7) is 3.91. The van der Waals surface area contributed by atoms with Crippen LogP contribution in [-0.2, 0) is 11.3 Å². The number of nitrogens with zero attached hydrogens (tertiary/aromatic N) is 3. The fourth-order valence-corrected chi connectivity index (χ4v) is 3.34. The average Bonchev–Trinajstić information content (AvgIpc) is 3.16. The van der Waals surface area contributed by atoms with E-state index < -0.39 is 0 Å². The zero-order chi connectivity index (χ0) is 15.5. The van der Waals surface area contributed by atoms with Gasteiger partial charge in [0.15, 0.2) is 0 Å². The lowest BCUT2D eigenvalue weighted by Crippen LogP contribution is -2.47. The van der Waals surface area contributed by atoms with E-state index in [2.05, 4.69) is 15.3 Å². The molecule has 2 atom stereocenters. The third-order valence-corrected chi connectivity index (χ3v) is 4.71. The lowest BCUT2D eigenvalue weighted by Gasteiger charge is -2.36. The van der Waals surface area contributed by atoms with Gasteiger partial charge in [-0.3, -0.25) is 14.4 Å². The second kappa shape index (κ2) is 6.76. The van der Waals surface area contributed by atoms with Gasteiger partial charge in [0.2, 0.25) is 0 Å². The minimum atomic E-state index is -0.349. The van der Waals surface area contributed by atoms with Crippen LogP contribution in [0.3, 0.4) is 0 Å². The molecule has 22 heavy (non-hydrogen) atoms. The van der Waals surface area contributed by atoms with Crippen molar-refractivity contribution < 1.29 is 14.6 Å². The first-order chi connectivity index (χ1) is 10.7. The number of aromatic nitrogens is 2. The Labute approximate surface area is 130 Å². The Kier molecular flexibility index (Phi) is 4.75. The molecule has 3 rings (SSSR count). The van der Waals surface area contributed by atoms with Crippen LogP contribution < -0.4 is 5.32 Å². The molecule has 2 fully saturated rings. The zero-order valence-electron chi connectivity index (χ0n) is 12.9. The summed E-state index contributed by atoms with van der Waals surface area (Å²) >= 11 is 0. The Morgan fingerprint density at radius 1 is 1.45 bits per heavy atom. The number of ether oxygens (including phenoxy) is 1. The number of aliphatic hydroxyl groups excluding tert-OH is 1. The lowest BCUT2D eigenvalue weighted by molar-refractivity contribution is 0.0559. The van der Waals surface area contributed by atoms with Crippen molar-refractivity contribution in [3.8, 4) is 0 Å². The molecule has 1 aromatic rings. The summed E-state index contributed by atoms with van der Waals surface area (Å²) in [6.07, 6.45) is 5.23. The predicted molar refractivity (Wildman–Crippen MR) is 80.5 cm³/mol. The number of nitrogens with one attached hydrogen (secondary N) is 1. The average molecular weight is 308 g/mol. The molecule has 1 aromatic heterocycles. The van der Waals surface area contributed by atoms with Crippen LogP contribution in [0.25, 0.3) is 0 Å². The number of carbonyl (C=O) groups excluding carboxylic acids is 1. The van der Waals surface area contributed by atoms with Crippen LogP contribution >= 0.6 is 0 Å². The Balaban J connectivity index is 1.49. The summed E-state index contributed by atoms with van der Waals surface area (Å²) in [5.41, 5.74) is 0.603. The van der Waals surface area contributed by atoms with Crippen LogP contribution in [0.2, 0.25) is 0 Å². The molecule has 0 bridgehead atoms. The van der Waals surface area contributed by atoms with Gasteiger partial charge in [0.25, 0.3) is 5.91 Å². The van der Waals surface area contributed by atoms with Crippen molar-refractivity contribution in [1.29, 1.82) is 0 Å². The first-order valence-electron chi connectivity index (χ1n) is 7.91. The smallest absolute Gasteiger partial charge is 0.254 e. The van der Waals surface area contributed by atoms with Gasteiger partial charge in [0.1, 0.15) is 0 Å². The fraction of sp³-hybridized carbons (Fsp3) is 0.733. The van der Waals surface area contributed by atoms with Crippen LogP contribution in [-0.4, -0.2) is 71.2 Å². The highest BCUT2D eigenvalue weighted by Crippen LogP contribution is 2.23. The van der Waals surface area contributed by atoms with Crippen LogP contribution in [0, 0.1) is 5.92 Å². The maximum atomic E-state index is 11.5. The van der Waals surface area contributed by atoms with E-state index in [9.17, 15) is 9.90 Å². The highest BCUT2D eigenvalue weighted by molar-refractivity contribution is 5.93. The van der Waals surface area contributed by atoms with Gasteiger partial charge in [-0.15, -0.1) is 0 Å². The van der Waals surface area contributed by atoms with Crippen LogP contribution in [0.1, 0.15) is 23.2 Å². The molecular formula is C15H24N4O3. The van der Waals surface area contributed by atoms with Gasteiger partial charge in [-0.05, 0) is 31.8 Å². The molecule has 0 aromatic carbocycles. The second-order valence-electron chi connectivity index (χ2n) is 6.18. The Hall–Kier alpha value is -1.44. The molecule has 2 N–H and O–H groups in total. The van der Waals surface area contributed by atoms with Gasteiger partial charge < -0.3 is 15.2 Å². The number of rotatable bonds is 4. The van der Waals surface area contributed by atoms with Crippen molar-refractivity contribution >= 4 is 5.91 Å². The summed E-state index contributed by atoms with van der Waals surface area (Å²) < 4.78 is 7.20. The number of piperidine rings is 1. The highest BCUT2D eigenvalue weighted by Gasteiger charge is 2.33. The van der Waals surface area contributed by atoms with Crippen molar-refractivity contribution in [2.75, 3.05) is 33.4 Å². The van der Waals surface area contributed by atoms with E-state index in [0.717, 1.165) is 32.5 Å². The van der Waals surface area contributed by atoms with E-state index in [4.69, 9.17) is 4.74 Å². The molecular weight excluding hydrogens is 284 g/mol. The topological polar surface area (TPSA) is 79.6 Å². The van der Waals surface area contributed by atoms with Crippen LogP contribution in [0.4, 0.5) is 0 Å². The summed E-state index contributed by atoms with van der Waals surface area (Å²) in [7, 11) is 1.62. The summed E-state index contributed by atoms with van der Waals surface area (Å²) in [5, 5.41) is 16.8. The first-order valence-corrected chi connectivity index (χ1v) is 7.91. The van der Waals surface area contributed by atoms with Gasteiger partial charge >= 0.3 is 0 Å². The largest absolute Gasteiger partial charge is 0.389 e. The standard InChI is InChI=1S/C15H24N4O3/c1-16-15(21)12-6-17-19(8-12)7-11-2-4-18(5-3-11)13-9-22-10-14(13)20/h6,8,11,13-14,20H,2-5,7,9-10H2,1H3,(H,16,21)/t13-,14+/m0/s1. The van der Waals surface area contributed by atoms with E-state index >= 15 is 0 Å². The number of hydrogen-bond acceptors (Lipinski definition) is 5. The molecule has 7 heteroatoms. The van der Waals surface area contributed by atoms with Gasteiger partial charge in [-0.25, -0.2) is 0 Å². The molecule has 0 saturated carbocycles. The number of carbonyl (C=O) groups is 1. The van der Waals surface area contributed by atoms with Crippen molar-refractivity contribution in [2.45, 2.75) is 31.5 Å². The minimum absolute atomic E-state index is 0.101. The first kappa shape index (κ1) is 15.5. The molecule has 0 aliphatic carbocycles. The third kappa shape index (κ3) is 3.31. The molecule has 2 aliphatic heterocycles. The SMILES string of the molecule is CNC(=O)c1cnn(CC2CCN([C@H]3COC[C@H]3O)CC2)c1. The van der Waals surface area contributed by atoms with E-state index in [1.807, 2.05) is 4.68 Å². The fourth-order valence-electron chi connectivity index (χ4n) is 3.34. The quantitative estimate of drug-likeness (QED) is 0.799. The molecule has 122 valence electrons. The van der Waals surface area contributed by atoms with Gasteiger partial charge in [-0.1, -0.05) is 0 Å². The van der Waals surface area contributed by atoms with E-state index in [1.54, 1.807) is 19.4 Å². The van der Waals surface area contributed by atoms with E-state index in [0.29, 0.717) is 24.7 Å². The molecule has 1 amide bonds. The molecule has 0 spiro atoms. The highest BCUT2D eigenvalue weighted by atomic mass is 16.5. The number of amides is 1. The van der Waals surface area contributed by atoms with Gasteiger partial charge in [-0.2, -0.15) is 5.10 Å². The molecule has 0 radical (unpaired) electrons. The van der Waals surface area contributed by atoms with Gasteiger partial charge in [0.05, 0.1) is 37.1 Å².